The first-order valence-electron chi connectivity index (χ1n) is 10.9. The van der Waals surface area contributed by atoms with Crippen LogP contribution in [0.15, 0.2) is 6.20 Å². The number of nitrogens with zero attached hydrogens (tertiary/aromatic N) is 5. The van der Waals surface area contributed by atoms with E-state index < -0.39 is 10.7 Å². The van der Waals surface area contributed by atoms with E-state index in [-0.39, 0.29) is 35.5 Å². The quantitative estimate of drug-likeness (QED) is 0.320. The van der Waals surface area contributed by atoms with Crippen LogP contribution in [-0.4, -0.2) is 56.3 Å². The lowest BCUT2D eigenvalue weighted by atomic mass is 9.90. The first-order valence-corrected chi connectivity index (χ1v) is 11.6. The monoisotopic (exact) mass is 500 g/mol. The van der Waals surface area contributed by atoms with Crippen LogP contribution in [0, 0.1) is 17.0 Å². The van der Waals surface area contributed by atoms with E-state index in [0.29, 0.717) is 36.2 Å². The van der Waals surface area contributed by atoms with Crippen molar-refractivity contribution in [1.82, 2.24) is 19.7 Å². The van der Waals surface area contributed by atoms with Gasteiger partial charge < -0.3 is 19.5 Å². The van der Waals surface area contributed by atoms with E-state index >= 15 is 0 Å². The third-order valence-electron chi connectivity index (χ3n) is 6.03. The van der Waals surface area contributed by atoms with Gasteiger partial charge in [-0.1, -0.05) is 11.6 Å². The number of nitro groups is 1. The minimum atomic E-state index is -0.497. The van der Waals surface area contributed by atoms with Gasteiger partial charge in [0.15, 0.2) is 5.79 Å². The Hall–Kier alpha value is -2.21. The van der Waals surface area contributed by atoms with Crippen molar-refractivity contribution in [3.05, 3.63) is 32.3 Å². The van der Waals surface area contributed by atoms with Gasteiger partial charge in [-0.05, 0) is 38.3 Å². The van der Waals surface area contributed by atoms with E-state index in [1.54, 1.807) is 11.6 Å². The highest BCUT2D eigenvalue weighted by molar-refractivity contribution is 6.33. The van der Waals surface area contributed by atoms with Crippen molar-refractivity contribution >= 4 is 34.7 Å². The van der Waals surface area contributed by atoms with Crippen LogP contribution in [0.5, 0.6) is 5.88 Å². The van der Waals surface area contributed by atoms with Gasteiger partial charge in [0.1, 0.15) is 16.5 Å². The standard InChI is InChI=1S/C20H26Cl2N6O5/c1-12(24-17-15(21)11-23-19(22)25-17)5-8-31-18-16(28(29)30)13(2)27(26-18)14-3-6-20(7-4-14)32-9-10-33-20/h11-12,14H,3-10H2,1-2H3,(H,23,24,25). The third kappa shape index (κ3) is 5.32. The van der Waals surface area contributed by atoms with Gasteiger partial charge in [-0.3, -0.25) is 14.8 Å². The van der Waals surface area contributed by atoms with Crippen molar-refractivity contribution in [2.45, 2.75) is 63.8 Å². The largest absolute Gasteiger partial charge is 0.472 e. The van der Waals surface area contributed by atoms with Gasteiger partial charge in [0.05, 0.1) is 37.0 Å². The van der Waals surface area contributed by atoms with Crippen LogP contribution >= 0.6 is 23.2 Å². The molecule has 180 valence electrons. The van der Waals surface area contributed by atoms with Crippen molar-refractivity contribution in [2.24, 2.45) is 0 Å². The Labute approximate surface area is 200 Å². The number of rotatable bonds is 8. The van der Waals surface area contributed by atoms with Crippen LogP contribution in [0.3, 0.4) is 0 Å². The fraction of sp³-hybridized carbons (Fsp3) is 0.650. The maximum atomic E-state index is 11.7. The van der Waals surface area contributed by atoms with Crippen molar-refractivity contribution in [2.75, 3.05) is 25.1 Å². The molecule has 1 aliphatic heterocycles. The lowest BCUT2D eigenvalue weighted by Crippen LogP contribution is -2.36. The van der Waals surface area contributed by atoms with Gasteiger partial charge in [-0.15, -0.1) is 5.10 Å². The van der Waals surface area contributed by atoms with Crippen molar-refractivity contribution in [3.63, 3.8) is 0 Å². The molecule has 2 aromatic rings. The molecule has 0 radical (unpaired) electrons. The summed E-state index contributed by atoms with van der Waals surface area (Å²) in [7, 11) is 0. The van der Waals surface area contributed by atoms with Crippen molar-refractivity contribution in [1.29, 1.82) is 0 Å². The van der Waals surface area contributed by atoms with Crippen LogP contribution in [0.4, 0.5) is 11.5 Å². The molecule has 1 aliphatic carbocycles. The fourth-order valence-corrected chi connectivity index (χ4v) is 4.58. The van der Waals surface area contributed by atoms with Crippen molar-refractivity contribution in [3.8, 4) is 5.88 Å². The van der Waals surface area contributed by atoms with Gasteiger partial charge >= 0.3 is 11.6 Å². The summed E-state index contributed by atoms with van der Waals surface area (Å²) in [6, 6.07) is -0.0543. The van der Waals surface area contributed by atoms with E-state index in [9.17, 15) is 10.1 Å². The molecule has 1 saturated carbocycles. The topological polar surface area (TPSA) is 126 Å². The molecule has 33 heavy (non-hydrogen) atoms. The Morgan fingerprint density at radius 3 is 2.73 bits per heavy atom. The molecule has 0 aromatic carbocycles. The van der Waals surface area contributed by atoms with Gasteiger partial charge in [-0.25, -0.2) is 4.98 Å². The van der Waals surface area contributed by atoms with Gasteiger partial charge in [-0.2, -0.15) is 4.98 Å². The number of halogens is 2. The second-order valence-electron chi connectivity index (χ2n) is 8.30. The summed E-state index contributed by atoms with van der Waals surface area (Å²) >= 11 is 11.9. The fourth-order valence-electron chi connectivity index (χ4n) is 4.30. The first-order chi connectivity index (χ1) is 15.8. The van der Waals surface area contributed by atoms with E-state index in [0.717, 1.165) is 25.7 Å². The summed E-state index contributed by atoms with van der Waals surface area (Å²) in [6.45, 7) is 5.06. The Kier molecular flexibility index (Phi) is 7.22. The molecule has 11 nitrogen and oxygen atoms in total. The summed E-state index contributed by atoms with van der Waals surface area (Å²) in [5.74, 6) is -0.0509. The number of nitrogens with one attached hydrogen (secondary N) is 1. The molecule has 1 unspecified atom stereocenters. The lowest BCUT2D eigenvalue weighted by molar-refractivity contribution is -0.386. The minimum Gasteiger partial charge on any atom is -0.472 e. The average Bonchev–Trinajstić information content (AvgIpc) is 3.36. The molecule has 4 rings (SSSR count). The van der Waals surface area contributed by atoms with Gasteiger partial charge in [0.25, 0.3) is 0 Å². The predicted molar refractivity (Wildman–Crippen MR) is 121 cm³/mol. The lowest BCUT2D eigenvalue weighted by Gasteiger charge is -2.35. The molecule has 1 spiro atoms. The highest BCUT2D eigenvalue weighted by Crippen LogP contribution is 2.42. The molecule has 0 amide bonds. The first kappa shape index (κ1) is 23.9. The second kappa shape index (κ2) is 9.96. The number of hydrogen-bond donors (Lipinski definition) is 1. The zero-order valence-electron chi connectivity index (χ0n) is 18.4. The van der Waals surface area contributed by atoms with Crippen LogP contribution < -0.4 is 10.1 Å². The number of anilines is 1. The minimum absolute atomic E-state index is 0.0291. The number of hydrogen-bond acceptors (Lipinski definition) is 9. The molecular weight excluding hydrogens is 475 g/mol. The Morgan fingerprint density at radius 2 is 2.06 bits per heavy atom. The smallest absolute Gasteiger partial charge is 0.352 e. The van der Waals surface area contributed by atoms with Crippen LogP contribution in [-0.2, 0) is 9.47 Å². The molecule has 13 heteroatoms. The Morgan fingerprint density at radius 1 is 1.36 bits per heavy atom. The van der Waals surface area contributed by atoms with Crippen LogP contribution in [0.2, 0.25) is 10.3 Å². The third-order valence-corrected chi connectivity index (χ3v) is 6.49. The van der Waals surface area contributed by atoms with Crippen LogP contribution in [0.1, 0.15) is 50.8 Å². The summed E-state index contributed by atoms with van der Waals surface area (Å²) < 4.78 is 19.0. The van der Waals surface area contributed by atoms with Crippen LogP contribution in [0.25, 0.3) is 0 Å². The zero-order chi connectivity index (χ0) is 23.6. The van der Waals surface area contributed by atoms with E-state index in [4.69, 9.17) is 37.4 Å². The maximum absolute atomic E-state index is 11.7. The molecule has 1 atom stereocenters. The molecule has 1 saturated heterocycles. The number of ether oxygens (including phenoxy) is 3. The Bertz CT molecular complexity index is 1000. The molecule has 0 bridgehead atoms. The molecular formula is C20H26Cl2N6O5. The number of aromatic nitrogens is 4. The Balaban J connectivity index is 1.38. The second-order valence-corrected chi connectivity index (χ2v) is 9.04. The van der Waals surface area contributed by atoms with Crippen molar-refractivity contribution < 1.29 is 19.1 Å². The molecule has 1 N–H and O–H groups in total. The zero-order valence-corrected chi connectivity index (χ0v) is 19.9. The molecule has 2 aliphatic rings. The summed E-state index contributed by atoms with van der Waals surface area (Å²) in [5, 5.41) is 19.8. The normalized spacial score (nSPS) is 19.0. The van der Waals surface area contributed by atoms with Gasteiger partial charge in [0.2, 0.25) is 5.28 Å². The summed E-state index contributed by atoms with van der Waals surface area (Å²) in [4.78, 5) is 19.2. The molecule has 3 heterocycles. The highest BCUT2D eigenvalue weighted by Gasteiger charge is 2.42. The molecule has 2 fully saturated rings. The van der Waals surface area contributed by atoms with E-state index in [1.807, 2.05) is 6.92 Å². The molecule has 2 aromatic heterocycles. The average molecular weight is 501 g/mol. The predicted octanol–water partition coefficient (Wildman–Crippen LogP) is 4.32. The van der Waals surface area contributed by atoms with Gasteiger partial charge in [0, 0.05) is 25.3 Å². The highest BCUT2D eigenvalue weighted by atomic mass is 35.5. The van der Waals surface area contributed by atoms with E-state index in [2.05, 4.69) is 20.4 Å². The maximum Gasteiger partial charge on any atom is 0.352 e. The summed E-state index contributed by atoms with van der Waals surface area (Å²) in [5.41, 5.74) is 0.382. The van der Waals surface area contributed by atoms with E-state index in [1.165, 1.54) is 6.20 Å². The summed E-state index contributed by atoms with van der Waals surface area (Å²) in [6.07, 6.45) is 4.95. The SMILES string of the molecule is Cc1c([N+](=O)[O-])c(OCCC(C)Nc2nc(Cl)ncc2Cl)nn1C1CCC2(CC1)OCCO2.